The molecule has 0 aliphatic carbocycles. The fourth-order valence-corrected chi connectivity index (χ4v) is 2.01. The maximum absolute atomic E-state index is 12.0. The van der Waals surface area contributed by atoms with Crippen LogP contribution in [0.4, 0.5) is 16.3 Å². The predicted molar refractivity (Wildman–Crippen MR) is 97.4 cm³/mol. The summed E-state index contributed by atoms with van der Waals surface area (Å²) in [4.78, 5) is 17.7. The van der Waals surface area contributed by atoms with E-state index < -0.39 is 11.7 Å². The van der Waals surface area contributed by atoms with Crippen molar-refractivity contribution in [3.63, 3.8) is 0 Å². The smallest absolute Gasteiger partial charge is 0.415 e. The highest BCUT2D eigenvalue weighted by molar-refractivity contribution is 5.86. The van der Waals surface area contributed by atoms with Crippen molar-refractivity contribution in [1.82, 2.24) is 4.98 Å². The van der Waals surface area contributed by atoms with Crippen molar-refractivity contribution < 1.29 is 9.53 Å². The lowest BCUT2D eigenvalue weighted by atomic mass is 10.1. The van der Waals surface area contributed by atoms with Crippen LogP contribution in [0.1, 0.15) is 31.9 Å². The van der Waals surface area contributed by atoms with E-state index >= 15 is 0 Å². The van der Waals surface area contributed by atoms with Crippen LogP contribution in [0.5, 0.6) is 0 Å². The van der Waals surface area contributed by atoms with Gasteiger partial charge in [0.25, 0.3) is 0 Å². The summed E-state index contributed by atoms with van der Waals surface area (Å²) in [5, 5.41) is 12.0. The number of carbonyl (C=O) groups is 1. The van der Waals surface area contributed by atoms with E-state index in [1.807, 2.05) is 39.0 Å². The number of nitriles is 1. The number of anilines is 2. The summed E-state index contributed by atoms with van der Waals surface area (Å²) >= 11 is 0. The molecule has 0 spiro atoms. The summed E-state index contributed by atoms with van der Waals surface area (Å²) < 4.78 is 5.32. The van der Waals surface area contributed by atoms with Gasteiger partial charge >= 0.3 is 6.09 Å². The van der Waals surface area contributed by atoms with Crippen LogP contribution in [0, 0.1) is 11.3 Å². The van der Waals surface area contributed by atoms with Gasteiger partial charge in [-0.05, 0) is 50.6 Å². The lowest BCUT2D eigenvalue weighted by molar-refractivity contribution is 0.0588. The molecule has 0 atom stereocenters. The standard InChI is InChI=1S/C19H22N4O2/c1-19(2,3)25-18(24)23(4)17-10-9-16(13-22-17)21-12-15-7-5-14(11-20)6-8-15/h5-10,13,21H,12H2,1-4H3. The predicted octanol–water partition coefficient (Wildman–Crippen LogP) is 3.94. The normalized spacial score (nSPS) is 10.7. The summed E-state index contributed by atoms with van der Waals surface area (Å²) in [6.45, 7) is 6.08. The van der Waals surface area contributed by atoms with Gasteiger partial charge in [0.15, 0.2) is 0 Å². The van der Waals surface area contributed by atoms with E-state index in [2.05, 4.69) is 16.4 Å². The number of aromatic nitrogens is 1. The van der Waals surface area contributed by atoms with Crippen molar-refractivity contribution in [3.05, 3.63) is 53.7 Å². The maximum Gasteiger partial charge on any atom is 0.415 e. The fourth-order valence-electron chi connectivity index (χ4n) is 2.01. The van der Waals surface area contributed by atoms with Gasteiger partial charge in [0, 0.05) is 13.6 Å². The number of hydrogen-bond acceptors (Lipinski definition) is 5. The Kier molecular flexibility index (Phi) is 5.60. The van der Waals surface area contributed by atoms with Crippen molar-refractivity contribution in [2.24, 2.45) is 0 Å². The third-order valence-electron chi connectivity index (χ3n) is 3.34. The van der Waals surface area contributed by atoms with Crippen LogP contribution in [-0.2, 0) is 11.3 Å². The molecule has 2 aromatic rings. The molecule has 0 unspecified atom stereocenters. The first kappa shape index (κ1) is 18.3. The molecule has 1 N–H and O–H groups in total. The Bertz CT molecular complexity index is 756. The molecule has 2 rings (SSSR count). The van der Waals surface area contributed by atoms with Crippen molar-refractivity contribution in [1.29, 1.82) is 5.26 Å². The number of nitrogens with one attached hydrogen (secondary N) is 1. The van der Waals surface area contributed by atoms with Gasteiger partial charge in [0.2, 0.25) is 0 Å². The molecule has 25 heavy (non-hydrogen) atoms. The summed E-state index contributed by atoms with van der Waals surface area (Å²) in [5.74, 6) is 0.512. The zero-order chi connectivity index (χ0) is 18.4. The Morgan fingerprint density at radius 1 is 1.24 bits per heavy atom. The minimum absolute atomic E-state index is 0.446. The van der Waals surface area contributed by atoms with E-state index in [9.17, 15) is 4.79 Å². The third kappa shape index (κ3) is 5.50. The van der Waals surface area contributed by atoms with Gasteiger partial charge in [0.05, 0.1) is 23.5 Å². The number of pyridine rings is 1. The van der Waals surface area contributed by atoms with Crippen LogP contribution in [0.3, 0.4) is 0 Å². The SMILES string of the molecule is CN(C(=O)OC(C)(C)C)c1ccc(NCc2ccc(C#N)cc2)cn1. The number of nitrogens with zero attached hydrogens (tertiary/aromatic N) is 3. The summed E-state index contributed by atoms with van der Waals surface area (Å²) in [7, 11) is 1.63. The molecule has 0 bridgehead atoms. The van der Waals surface area contributed by atoms with Crippen LogP contribution >= 0.6 is 0 Å². The van der Waals surface area contributed by atoms with E-state index in [1.165, 1.54) is 4.90 Å². The lowest BCUT2D eigenvalue weighted by Crippen LogP contribution is -2.34. The highest BCUT2D eigenvalue weighted by atomic mass is 16.6. The minimum Gasteiger partial charge on any atom is -0.443 e. The second-order valence-corrected chi connectivity index (χ2v) is 6.61. The monoisotopic (exact) mass is 338 g/mol. The Labute approximate surface area is 148 Å². The first-order chi connectivity index (χ1) is 11.8. The zero-order valence-electron chi connectivity index (χ0n) is 14.9. The average Bonchev–Trinajstić information content (AvgIpc) is 2.58. The molecule has 0 saturated carbocycles. The minimum atomic E-state index is -0.548. The van der Waals surface area contributed by atoms with Gasteiger partial charge in [-0.15, -0.1) is 0 Å². The third-order valence-corrected chi connectivity index (χ3v) is 3.34. The molecule has 130 valence electrons. The zero-order valence-corrected chi connectivity index (χ0v) is 14.9. The van der Waals surface area contributed by atoms with E-state index in [0.717, 1.165) is 11.3 Å². The Hall–Kier alpha value is -3.07. The molecule has 0 fully saturated rings. The average molecular weight is 338 g/mol. The molecule has 0 radical (unpaired) electrons. The molecule has 6 heteroatoms. The molecule has 0 aliphatic rings. The van der Waals surface area contributed by atoms with Gasteiger partial charge in [-0.3, -0.25) is 4.90 Å². The Balaban J connectivity index is 1.94. The van der Waals surface area contributed by atoms with E-state index in [1.54, 1.807) is 31.4 Å². The molecule has 1 aromatic carbocycles. The second-order valence-electron chi connectivity index (χ2n) is 6.61. The molecule has 1 heterocycles. The van der Waals surface area contributed by atoms with Gasteiger partial charge in [-0.1, -0.05) is 12.1 Å². The largest absolute Gasteiger partial charge is 0.443 e. The van der Waals surface area contributed by atoms with E-state index in [0.29, 0.717) is 17.9 Å². The quantitative estimate of drug-likeness (QED) is 0.913. The summed E-state index contributed by atoms with van der Waals surface area (Å²) in [5.41, 5.74) is 1.99. The summed E-state index contributed by atoms with van der Waals surface area (Å²) in [6.07, 6.45) is 1.22. The second kappa shape index (κ2) is 7.67. The van der Waals surface area contributed by atoms with Crippen molar-refractivity contribution in [2.45, 2.75) is 32.9 Å². The number of benzene rings is 1. The first-order valence-corrected chi connectivity index (χ1v) is 7.94. The van der Waals surface area contributed by atoms with Crippen LogP contribution in [0.25, 0.3) is 0 Å². The van der Waals surface area contributed by atoms with Crippen LogP contribution in [-0.4, -0.2) is 23.7 Å². The highest BCUT2D eigenvalue weighted by Crippen LogP contribution is 2.17. The lowest BCUT2D eigenvalue weighted by Gasteiger charge is -2.24. The molecule has 1 aromatic heterocycles. The number of ether oxygens (including phenoxy) is 1. The van der Waals surface area contributed by atoms with Crippen molar-refractivity contribution in [3.8, 4) is 6.07 Å². The number of rotatable bonds is 4. The van der Waals surface area contributed by atoms with Crippen LogP contribution in [0.15, 0.2) is 42.6 Å². The van der Waals surface area contributed by atoms with Gasteiger partial charge in [-0.25, -0.2) is 9.78 Å². The highest BCUT2D eigenvalue weighted by Gasteiger charge is 2.21. The maximum atomic E-state index is 12.0. The van der Waals surface area contributed by atoms with E-state index in [4.69, 9.17) is 10.00 Å². The van der Waals surface area contributed by atoms with Crippen molar-refractivity contribution >= 4 is 17.6 Å². The van der Waals surface area contributed by atoms with Gasteiger partial charge in [0.1, 0.15) is 11.4 Å². The molecule has 1 amide bonds. The Morgan fingerprint density at radius 2 is 1.92 bits per heavy atom. The van der Waals surface area contributed by atoms with Gasteiger partial charge in [-0.2, -0.15) is 5.26 Å². The molecule has 0 aliphatic heterocycles. The number of carbonyl (C=O) groups excluding carboxylic acids is 1. The summed E-state index contributed by atoms with van der Waals surface area (Å²) in [6, 6.07) is 13.1. The van der Waals surface area contributed by atoms with Gasteiger partial charge < -0.3 is 10.1 Å². The van der Waals surface area contributed by atoms with E-state index in [-0.39, 0.29) is 0 Å². The molecular weight excluding hydrogens is 316 g/mol. The molecule has 6 nitrogen and oxygen atoms in total. The van der Waals surface area contributed by atoms with Crippen molar-refractivity contribution in [2.75, 3.05) is 17.3 Å². The number of amides is 1. The van der Waals surface area contributed by atoms with Crippen LogP contribution < -0.4 is 10.2 Å². The first-order valence-electron chi connectivity index (χ1n) is 7.94. The number of hydrogen-bond donors (Lipinski definition) is 1. The molecule has 0 saturated heterocycles. The van der Waals surface area contributed by atoms with Crippen LogP contribution in [0.2, 0.25) is 0 Å². The Morgan fingerprint density at radius 3 is 2.44 bits per heavy atom. The molecular formula is C19H22N4O2. The topological polar surface area (TPSA) is 78.2 Å². The fraction of sp³-hybridized carbons (Fsp3) is 0.316.